The highest BCUT2D eigenvalue weighted by atomic mass is 35.5. The van der Waals surface area contributed by atoms with Crippen molar-refractivity contribution in [2.45, 2.75) is 6.92 Å². The number of rotatable bonds is 0. The zero-order valence-electron chi connectivity index (χ0n) is 5.11. The molecule has 0 heterocycles. The van der Waals surface area contributed by atoms with Crippen LogP contribution in [0.25, 0.3) is 0 Å². The fourth-order valence-corrected chi connectivity index (χ4v) is 0.782. The van der Waals surface area contributed by atoms with Gasteiger partial charge in [-0.25, -0.2) is 0 Å². The molecule has 1 rings (SSSR count). The Balaban J connectivity index is 3.25. The van der Waals surface area contributed by atoms with E-state index in [1.165, 1.54) is 0 Å². The van der Waals surface area contributed by atoms with Gasteiger partial charge in [-0.05, 0) is 24.6 Å². The lowest BCUT2D eigenvalue weighted by Crippen LogP contribution is -1.76. The lowest BCUT2D eigenvalue weighted by molar-refractivity contribution is 1.37. The van der Waals surface area contributed by atoms with Crippen molar-refractivity contribution in [1.82, 2.24) is 5.73 Å². The Bertz CT molecular complexity index is 200. The van der Waals surface area contributed by atoms with Crippen LogP contribution in [0.15, 0.2) is 18.2 Å². The third kappa shape index (κ3) is 1.16. The smallest absolute Gasteiger partial charge is 0.0583 e. The van der Waals surface area contributed by atoms with E-state index in [-0.39, 0.29) is 0 Å². The average Bonchev–Trinajstić information content (AvgIpc) is 1.83. The fraction of sp³-hybridized carbons (Fsp3) is 0.143. The van der Waals surface area contributed by atoms with Gasteiger partial charge in [-0.2, -0.15) is 0 Å². The van der Waals surface area contributed by atoms with Crippen molar-refractivity contribution in [2.24, 2.45) is 0 Å². The second-order valence-corrected chi connectivity index (χ2v) is 2.32. The molecule has 0 aromatic heterocycles. The van der Waals surface area contributed by atoms with Gasteiger partial charge in [0.15, 0.2) is 0 Å². The highest BCUT2D eigenvalue weighted by Crippen LogP contribution is 2.20. The minimum atomic E-state index is 0.502. The molecule has 1 aromatic carbocycles. The Morgan fingerprint density at radius 1 is 1.44 bits per heavy atom. The van der Waals surface area contributed by atoms with Crippen LogP contribution < -0.4 is 5.73 Å². The second kappa shape index (κ2) is 2.28. The molecule has 0 atom stereocenters. The van der Waals surface area contributed by atoms with Gasteiger partial charge < -0.3 is 5.73 Å². The van der Waals surface area contributed by atoms with Gasteiger partial charge in [-0.3, -0.25) is 0 Å². The van der Waals surface area contributed by atoms with E-state index in [0.29, 0.717) is 10.7 Å². The minimum Gasteiger partial charge on any atom is -0.301 e. The summed E-state index contributed by atoms with van der Waals surface area (Å²) < 4.78 is 0. The van der Waals surface area contributed by atoms with Gasteiger partial charge in [0.25, 0.3) is 0 Å². The first kappa shape index (κ1) is 6.43. The molecular formula is C7H7ClN. The van der Waals surface area contributed by atoms with Crippen molar-refractivity contribution in [1.29, 1.82) is 0 Å². The summed E-state index contributed by atoms with van der Waals surface area (Å²) in [5.74, 6) is 0. The molecule has 0 aliphatic carbocycles. The van der Waals surface area contributed by atoms with E-state index in [1.807, 2.05) is 6.92 Å². The molecule has 0 aliphatic rings. The SMILES string of the molecule is Cc1c([NH])cccc1Cl. The van der Waals surface area contributed by atoms with Gasteiger partial charge in [0.05, 0.1) is 5.69 Å². The molecule has 0 amide bonds. The van der Waals surface area contributed by atoms with Gasteiger partial charge in [0, 0.05) is 5.02 Å². The van der Waals surface area contributed by atoms with Crippen molar-refractivity contribution in [3.05, 3.63) is 28.8 Å². The molecule has 0 unspecified atom stereocenters. The Morgan fingerprint density at radius 2 is 2.11 bits per heavy atom. The maximum Gasteiger partial charge on any atom is 0.0583 e. The summed E-state index contributed by atoms with van der Waals surface area (Å²) in [5, 5.41) is 0.669. The van der Waals surface area contributed by atoms with E-state index in [1.54, 1.807) is 18.2 Å². The van der Waals surface area contributed by atoms with Gasteiger partial charge >= 0.3 is 0 Å². The van der Waals surface area contributed by atoms with Gasteiger partial charge in [-0.1, -0.05) is 17.7 Å². The fourth-order valence-electron chi connectivity index (χ4n) is 0.607. The number of halogens is 1. The predicted octanol–water partition coefficient (Wildman–Crippen LogP) is 2.56. The van der Waals surface area contributed by atoms with Crippen LogP contribution in [-0.4, -0.2) is 0 Å². The van der Waals surface area contributed by atoms with E-state index in [4.69, 9.17) is 17.3 Å². The van der Waals surface area contributed by atoms with Gasteiger partial charge in [0.1, 0.15) is 0 Å². The molecule has 0 spiro atoms. The lowest BCUT2D eigenvalue weighted by Gasteiger charge is -1.97. The summed E-state index contributed by atoms with van der Waals surface area (Å²) in [4.78, 5) is 0. The first-order chi connectivity index (χ1) is 4.22. The van der Waals surface area contributed by atoms with Crippen LogP contribution in [0.5, 0.6) is 0 Å². The summed E-state index contributed by atoms with van der Waals surface area (Å²) >= 11 is 5.69. The Kier molecular flexibility index (Phi) is 1.63. The first-order valence-corrected chi connectivity index (χ1v) is 3.06. The van der Waals surface area contributed by atoms with Crippen LogP contribution in [0.3, 0.4) is 0 Å². The van der Waals surface area contributed by atoms with E-state index in [2.05, 4.69) is 0 Å². The van der Waals surface area contributed by atoms with Crippen LogP contribution in [-0.2, 0) is 0 Å². The molecule has 0 saturated carbocycles. The quantitative estimate of drug-likeness (QED) is 0.529. The molecule has 2 heteroatoms. The number of nitrogens with one attached hydrogen (secondary N) is 1. The number of benzene rings is 1. The van der Waals surface area contributed by atoms with Gasteiger partial charge in [-0.15, -0.1) is 0 Å². The van der Waals surface area contributed by atoms with E-state index < -0.39 is 0 Å². The summed E-state index contributed by atoms with van der Waals surface area (Å²) in [7, 11) is 0. The third-order valence-corrected chi connectivity index (χ3v) is 1.68. The van der Waals surface area contributed by atoms with Crippen molar-refractivity contribution in [2.75, 3.05) is 0 Å². The first-order valence-electron chi connectivity index (χ1n) is 2.68. The van der Waals surface area contributed by atoms with Crippen LogP contribution in [0.2, 0.25) is 5.02 Å². The van der Waals surface area contributed by atoms with Crippen LogP contribution in [0.4, 0.5) is 5.69 Å². The number of hydrogen-bond donors (Lipinski definition) is 0. The zero-order valence-corrected chi connectivity index (χ0v) is 5.87. The molecule has 0 bridgehead atoms. The zero-order chi connectivity index (χ0) is 6.85. The Hall–Kier alpha value is -0.690. The molecule has 1 radical (unpaired) electrons. The average molecular weight is 141 g/mol. The van der Waals surface area contributed by atoms with Crippen molar-refractivity contribution < 1.29 is 0 Å². The summed E-state index contributed by atoms with van der Waals surface area (Å²) in [5.41, 5.74) is 8.62. The Morgan fingerprint density at radius 3 is 2.56 bits per heavy atom. The molecule has 1 aromatic rings. The van der Waals surface area contributed by atoms with Crippen molar-refractivity contribution >= 4 is 17.3 Å². The van der Waals surface area contributed by atoms with E-state index in [9.17, 15) is 0 Å². The summed E-state index contributed by atoms with van der Waals surface area (Å²) in [6.45, 7) is 1.84. The van der Waals surface area contributed by atoms with Crippen molar-refractivity contribution in [3.63, 3.8) is 0 Å². The maximum atomic E-state index is 7.28. The maximum absolute atomic E-state index is 7.28. The van der Waals surface area contributed by atoms with Gasteiger partial charge in [0.2, 0.25) is 0 Å². The van der Waals surface area contributed by atoms with Crippen molar-refractivity contribution in [3.8, 4) is 0 Å². The molecule has 1 N–H and O–H groups in total. The second-order valence-electron chi connectivity index (χ2n) is 1.91. The normalized spacial score (nSPS) is 9.56. The van der Waals surface area contributed by atoms with Crippen LogP contribution in [0.1, 0.15) is 5.56 Å². The number of hydrogen-bond acceptors (Lipinski definition) is 0. The molecule has 0 fully saturated rings. The molecule has 47 valence electrons. The highest BCUT2D eigenvalue weighted by Gasteiger charge is 1.95. The largest absolute Gasteiger partial charge is 0.301 e. The molecule has 1 nitrogen and oxygen atoms in total. The topological polar surface area (TPSA) is 23.8 Å². The third-order valence-electron chi connectivity index (χ3n) is 1.27. The summed E-state index contributed by atoms with van der Waals surface area (Å²) in [6.07, 6.45) is 0. The van der Waals surface area contributed by atoms with Crippen LogP contribution in [0, 0.1) is 6.92 Å². The standard InChI is InChI=1S/C7H7ClN/c1-5-6(8)3-2-4-7(5)9/h2-4,9H,1H3. The molecule has 0 aliphatic heterocycles. The van der Waals surface area contributed by atoms with E-state index in [0.717, 1.165) is 5.56 Å². The van der Waals surface area contributed by atoms with Crippen LogP contribution >= 0.6 is 11.6 Å². The molecule has 9 heavy (non-hydrogen) atoms. The Labute approximate surface area is 59.4 Å². The lowest BCUT2D eigenvalue weighted by atomic mass is 10.2. The molecule has 0 saturated heterocycles. The molecular weight excluding hydrogens is 134 g/mol. The van der Waals surface area contributed by atoms with E-state index >= 15 is 0 Å². The monoisotopic (exact) mass is 140 g/mol. The highest BCUT2D eigenvalue weighted by molar-refractivity contribution is 6.31. The minimum absolute atomic E-state index is 0.502. The predicted molar refractivity (Wildman–Crippen MR) is 38.9 cm³/mol. The summed E-state index contributed by atoms with van der Waals surface area (Å²) in [6, 6.07) is 5.29.